The third kappa shape index (κ3) is 4.48. The number of ether oxygens (including phenoxy) is 1. The molecule has 1 aromatic heterocycles. The summed E-state index contributed by atoms with van der Waals surface area (Å²) < 4.78 is 5.95. The van der Waals surface area contributed by atoms with E-state index in [9.17, 15) is 9.90 Å². The molecule has 4 rings (SSSR count). The van der Waals surface area contributed by atoms with Gasteiger partial charge < -0.3 is 15.2 Å². The Kier molecular flexibility index (Phi) is 6.78. The maximum absolute atomic E-state index is 13.7. The Morgan fingerprint density at radius 1 is 0.969 bits per heavy atom. The second kappa shape index (κ2) is 10.1. The molecular weight excluding hydrogens is 400 g/mol. The predicted octanol–water partition coefficient (Wildman–Crippen LogP) is 5.15. The molecule has 1 atom stereocenters. The number of aromatic nitrogens is 1. The Morgan fingerprint density at radius 2 is 1.62 bits per heavy atom. The highest BCUT2D eigenvalue weighted by molar-refractivity contribution is 6.10. The van der Waals surface area contributed by atoms with Crippen molar-refractivity contribution in [2.45, 2.75) is 19.4 Å². The Balaban J connectivity index is 1.87. The molecule has 1 amide bonds. The number of benzene rings is 3. The summed E-state index contributed by atoms with van der Waals surface area (Å²) in [6.07, 6.45) is 0.747. The number of carbonyl (C=O) groups excluding carboxylic acids is 1. The maximum atomic E-state index is 13.7. The van der Waals surface area contributed by atoms with Crippen LogP contribution >= 0.6 is 0 Å². The van der Waals surface area contributed by atoms with Gasteiger partial charge in [0.15, 0.2) is 5.75 Å². The molecule has 0 aliphatic carbocycles. The SMILES string of the molecule is CCC(NC(=O)c1c(OCCO)c(-c2ccccc2)nc2ccccc12)c1ccccc1. The third-order valence-electron chi connectivity index (χ3n) is 5.38. The van der Waals surface area contributed by atoms with Crippen LogP contribution in [0.3, 0.4) is 0 Å². The molecule has 4 aromatic rings. The van der Waals surface area contributed by atoms with Crippen molar-refractivity contribution in [3.8, 4) is 17.0 Å². The lowest BCUT2D eigenvalue weighted by molar-refractivity contribution is 0.0931. The Hall–Kier alpha value is -3.70. The number of aliphatic hydroxyl groups excluding tert-OH is 1. The summed E-state index contributed by atoms with van der Waals surface area (Å²) in [5.74, 6) is 0.147. The first-order chi connectivity index (χ1) is 15.7. The number of amides is 1. The van der Waals surface area contributed by atoms with Crippen LogP contribution < -0.4 is 10.1 Å². The number of carbonyl (C=O) groups is 1. The number of aliphatic hydroxyl groups is 1. The average molecular weight is 427 g/mol. The topological polar surface area (TPSA) is 71.5 Å². The van der Waals surface area contributed by atoms with Gasteiger partial charge in [-0.05, 0) is 18.1 Å². The zero-order valence-electron chi connectivity index (χ0n) is 18.0. The van der Waals surface area contributed by atoms with E-state index in [1.165, 1.54) is 0 Å². The van der Waals surface area contributed by atoms with Gasteiger partial charge in [0.05, 0.1) is 23.7 Å². The van der Waals surface area contributed by atoms with Gasteiger partial charge in [-0.3, -0.25) is 4.79 Å². The quantitative estimate of drug-likeness (QED) is 0.409. The van der Waals surface area contributed by atoms with Gasteiger partial charge in [0, 0.05) is 10.9 Å². The Morgan fingerprint density at radius 3 is 2.31 bits per heavy atom. The number of pyridine rings is 1. The standard InChI is InChI=1S/C27H26N2O3/c1-2-22(19-11-5-3-6-12-19)29-27(31)24-21-15-9-10-16-23(21)28-25(26(24)32-18-17-30)20-13-7-4-8-14-20/h3-16,22,30H,2,17-18H2,1H3,(H,29,31). The van der Waals surface area contributed by atoms with Crippen LogP contribution in [0.4, 0.5) is 0 Å². The van der Waals surface area contributed by atoms with E-state index in [0.717, 1.165) is 17.5 Å². The van der Waals surface area contributed by atoms with E-state index in [2.05, 4.69) is 5.32 Å². The van der Waals surface area contributed by atoms with E-state index in [-0.39, 0.29) is 25.2 Å². The van der Waals surface area contributed by atoms with Crippen LogP contribution in [0.2, 0.25) is 0 Å². The Labute approximate surface area is 187 Å². The predicted molar refractivity (Wildman–Crippen MR) is 127 cm³/mol. The fourth-order valence-electron chi connectivity index (χ4n) is 3.84. The number of hydrogen-bond donors (Lipinski definition) is 2. The summed E-state index contributed by atoms with van der Waals surface area (Å²) in [5, 5.41) is 13.3. The largest absolute Gasteiger partial charge is 0.488 e. The molecule has 1 unspecified atom stereocenters. The summed E-state index contributed by atoms with van der Waals surface area (Å²) in [4.78, 5) is 18.5. The molecule has 0 bridgehead atoms. The van der Waals surface area contributed by atoms with Gasteiger partial charge in [0.1, 0.15) is 12.3 Å². The lowest BCUT2D eigenvalue weighted by Crippen LogP contribution is -2.29. The van der Waals surface area contributed by atoms with Crippen molar-refractivity contribution in [1.29, 1.82) is 0 Å². The van der Waals surface area contributed by atoms with E-state index in [4.69, 9.17) is 9.72 Å². The maximum Gasteiger partial charge on any atom is 0.256 e. The highest BCUT2D eigenvalue weighted by atomic mass is 16.5. The lowest BCUT2D eigenvalue weighted by Gasteiger charge is -2.21. The van der Waals surface area contributed by atoms with Crippen molar-refractivity contribution in [2.24, 2.45) is 0 Å². The normalized spacial score (nSPS) is 11.8. The molecule has 0 saturated heterocycles. The number of rotatable bonds is 8. The summed E-state index contributed by atoms with van der Waals surface area (Å²) >= 11 is 0. The molecule has 5 nitrogen and oxygen atoms in total. The van der Waals surface area contributed by atoms with Gasteiger partial charge in [-0.15, -0.1) is 0 Å². The fourth-order valence-corrected chi connectivity index (χ4v) is 3.84. The molecule has 0 aliphatic heterocycles. The van der Waals surface area contributed by atoms with Gasteiger partial charge in [-0.2, -0.15) is 0 Å². The van der Waals surface area contributed by atoms with Gasteiger partial charge in [-0.1, -0.05) is 85.8 Å². The minimum Gasteiger partial charge on any atom is -0.488 e. The van der Waals surface area contributed by atoms with Crippen LogP contribution in [-0.4, -0.2) is 29.2 Å². The molecule has 0 saturated carbocycles. The molecule has 0 spiro atoms. The molecule has 2 N–H and O–H groups in total. The van der Waals surface area contributed by atoms with Crippen LogP contribution in [0.5, 0.6) is 5.75 Å². The van der Waals surface area contributed by atoms with Gasteiger partial charge in [-0.25, -0.2) is 4.98 Å². The van der Waals surface area contributed by atoms with Crippen LogP contribution in [0, 0.1) is 0 Å². The number of para-hydroxylation sites is 1. The third-order valence-corrected chi connectivity index (χ3v) is 5.38. The van der Waals surface area contributed by atoms with Crippen molar-refractivity contribution >= 4 is 16.8 Å². The van der Waals surface area contributed by atoms with Crippen molar-refractivity contribution < 1.29 is 14.6 Å². The first-order valence-corrected chi connectivity index (χ1v) is 10.8. The highest BCUT2D eigenvalue weighted by Crippen LogP contribution is 2.37. The number of nitrogens with one attached hydrogen (secondary N) is 1. The highest BCUT2D eigenvalue weighted by Gasteiger charge is 2.25. The van der Waals surface area contributed by atoms with Crippen molar-refractivity contribution in [1.82, 2.24) is 10.3 Å². The smallest absolute Gasteiger partial charge is 0.256 e. The number of fused-ring (bicyclic) bond motifs is 1. The summed E-state index contributed by atoms with van der Waals surface area (Å²) in [7, 11) is 0. The van der Waals surface area contributed by atoms with Gasteiger partial charge in [0.2, 0.25) is 0 Å². The zero-order valence-corrected chi connectivity index (χ0v) is 18.0. The minimum absolute atomic E-state index is 0.0655. The van der Waals surface area contributed by atoms with Crippen molar-refractivity contribution in [2.75, 3.05) is 13.2 Å². The van der Waals surface area contributed by atoms with E-state index < -0.39 is 0 Å². The van der Waals surface area contributed by atoms with Crippen LogP contribution in [0.15, 0.2) is 84.9 Å². The lowest BCUT2D eigenvalue weighted by atomic mass is 10.00. The summed E-state index contributed by atoms with van der Waals surface area (Å²) in [6, 6.07) is 27.0. The van der Waals surface area contributed by atoms with Crippen LogP contribution in [0.1, 0.15) is 35.3 Å². The molecule has 3 aromatic carbocycles. The first kappa shape index (κ1) is 21.5. The minimum atomic E-state index is -0.232. The Bertz CT molecular complexity index is 1190. The average Bonchev–Trinajstić information content (AvgIpc) is 2.86. The molecule has 5 heteroatoms. The summed E-state index contributed by atoms with van der Waals surface area (Å²) in [5.41, 5.74) is 3.60. The molecule has 32 heavy (non-hydrogen) atoms. The molecule has 1 heterocycles. The van der Waals surface area contributed by atoms with Gasteiger partial charge >= 0.3 is 0 Å². The van der Waals surface area contributed by atoms with Crippen LogP contribution in [0.25, 0.3) is 22.2 Å². The van der Waals surface area contributed by atoms with E-state index in [1.54, 1.807) is 0 Å². The fraction of sp³-hybridized carbons (Fsp3) is 0.185. The molecule has 162 valence electrons. The van der Waals surface area contributed by atoms with Gasteiger partial charge in [0.25, 0.3) is 5.91 Å². The summed E-state index contributed by atoms with van der Waals surface area (Å²) in [6.45, 7) is 1.95. The first-order valence-electron chi connectivity index (χ1n) is 10.8. The van der Waals surface area contributed by atoms with E-state index >= 15 is 0 Å². The van der Waals surface area contributed by atoms with E-state index in [0.29, 0.717) is 27.9 Å². The van der Waals surface area contributed by atoms with Crippen LogP contribution in [-0.2, 0) is 0 Å². The second-order valence-corrected chi connectivity index (χ2v) is 7.46. The number of hydrogen-bond acceptors (Lipinski definition) is 4. The second-order valence-electron chi connectivity index (χ2n) is 7.46. The van der Waals surface area contributed by atoms with E-state index in [1.807, 2.05) is 91.9 Å². The monoisotopic (exact) mass is 426 g/mol. The van der Waals surface area contributed by atoms with Crippen molar-refractivity contribution in [3.05, 3.63) is 96.1 Å². The zero-order chi connectivity index (χ0) is 22.3. The molecule has 0 aliphatic rings. The number of nitrogens with zero attached hydrogens (tertiary/aromatic N) is 1. The molecular formula is C27H26N2O3. The molecule has 0 radical (unpaired) electrons. The molecule has 0 fully saturated rings. The van der Waals surface area contributed by atoms with Crippen molar-refractivity contribution in [3.63, 3.8) is 0 Å².